The maximum Gasteiger partial charge on any atom is 0.220 e. The number of hydrogen-bond acceptors (Lipinski definition) is 5. The van der Waals surface area contributed by atoms with Gasteiger partial charge in [-0.1, -0.05) is 19.1 Å². The van der Waals surface area contributed by atoms with Crippen LogP contribution in [-0.4, -0.2) is 64.3 Å². The second-order valence-corrected chi connectivity index (χ2v) is 8.14. The molecule has 1 aliphatic rings. The van der Waals surface area contributed by atoms with Gasteiger partial charge in [-0.3, -0.25) is 4.79 Å². The molecule has 1 amide bonds. The second kappa shape index (κ2) is 9.17. The van der Waals surface area contributed by atoms with E-state index < -0.39 is 10.0 Å². The molecule has 0 saturated carbocycles. The fourth-order valence-corrected chi connectivity index (χ4v) is 4.00. The maximum atomic E-state index is 12.2. The molecule has 140 valence electrons. The fraction of sp³-hybridized carbons (Fsp3) is 0.588. The summed E-state index contributed by atoms with van der Waals surface area (Å²) in [5.74, 6) is 0.575. The number of ether oxygens (including phenoxy) is 2. The molecule has 2 rings (SSSR count). The molecule has 0 aromatic heterocycles. The Balaban J connectivity index is 1.75. The number of hydrogen-bond donors (Lipinski definition) is 1. The van der Waals surface area contributed by atoms with Crippen LogP contribution < -0.4 is 10.1 Å². The molecule has 1 unspecified atom stereocenters. The summed E-state index contributed by atoms with van der Waals surface area (Å²) >= 11 is 0. The third kappa shape index (κ3) is 5.98. The van der Waals surface area contributed by atoms with Crippen LogP contribution in [0.5, 0.6) is 5.75 Å². The van der Waals surface area contributed by atoms with Gasteiger partial charge in [-0.05, 0) is 23.6 Å². The summed E-state index contributed by atoms with van der Waals surface area (Å²) in [6.45, 7) is 3.69. The predicted octanol–water partition coefficient (Wildman–Crippen LogP) is 0.967. The van der Waals surface area contributed by atoms with E-state index in [-0.39, 0.29) is 24.1 Å². The second-order valence-electron chi connectivity index (χ2n) is 6.06. The van der Waals surface area contributed by atoms with Gasteiger partial charge in [0.2, 0.25) is 15.9 Å². The number of carbonyl (C=O) groups is 1. The summed E-state index contributed by atoms with van der Waals surface area (Å²) in [7, 11) is -1.73. The minimum absolute atomic E-state index is 0.0433. The smallest absolute Gasteiger partial charge is 0.220 e. The molecule has 0 bridgehead atoms. The number of morpholine rings is 1. The van der Waals surface area contributed by atoms with E-state index in [1.54, 1.807) is 7.11 Å². The van der Waals surface area contributed by atoms with Crippen LogP contribution in [0.2, 0.25) is 0 Å². The van der Waals surface area contributed by atoms with Gasteiger partial charge in [-0.25, -0.2) is 8.42 Å². The van der Waals surface area contributed by atoms with E-state index in [0.29, 0.717) is 32.7 Å². The largest absolute Gasteiger partial charge is 0.497 e. The van der Waals surface area contributed by atoms with Crippen molar-refractivity contribution in [2.75, 3.05) is 45.7 Å². The lowest BCUT2D eigenvalue weighted by Gasteiger charge is -2.26. The van der Waals surface area contributed by atoms with Crippen LogP contribution in [0.15, 0.2) is 24.3 Å². The molecule has 1 aliphatic heterocycles. The van der Waals surface area contributed by atoms with Crippen LogP contribution >= 0.6 is 0 Å². The molecule has 1 heterocycles. The first-order valence-electron chi connectivity index (χ1n) is 8.38. The molecule has 1 atom stereocenters. The van der Waals surface area contributed by atoms with Crippen molar-refractivity contribution < 1.29 is 22.7 Å². The number of sulfonamides is 1. The molecule has 8 heteroatoms. The summed E-state index contributed by atoms with van der Waals surface area (Å²) in [6.07, 6.45) is 0.309. The maximum absolute atomic E-state index is 12.2. The van der Waals surface area contributed by atoms with Gasteiger partial charge in [0, 0.05) is 26.1 Å². The summed E-state index contributed by atoms with van der Waals surface area (Å²) in [4.78, 5) is 12.0. The number of amides is 1. The van der Waals surface area contributed by atoms with Gasteiger partial charge >= 0.3 is 0 Å². The van der Waals surface area contributed by atoms with E-state index >= 15 is 0 Å². The Kier molecular flexibility index (Phi) is 7.22. The van der Waals surface area contributed by atoms with E-state index in [9.17, 15) is 13.2 Å². The Bertz CT molecular complexity index is 654. The SMILES string of the molecule is COc1ccc(C(C)CC(=O)NCCS(=O)(=O)N2CCOCC2)cc1. The van der Waals surface area contributed by atoms with Gasteiger partial charge in [-0.2, -0.15) is 4.31 Å². The molecular weight excluding hydrogens is 344 g/mol. The zero-order chi connectivity index (χ0) is 18.3. The molecule has 1 N–H and O–H groups in total. The number of methoxy groups -OCH3 is 1. The van der Waals surface area contributed by atoms with Crippen LogP contribution in [0.1, 0.15) is 24.8 Å². The molecule has 0 spiro atoms. The minimum Gasteiger partial charge on any atom is -0.497 e. The average Bonchev–Trinajstić information content (AvgIpc) is 2.62. The Morgan fingerprint density at radius 1 is 1.28 bits per heavy atom. The molecule has 0 aliphatic carbocycles. The lowest BCUT2D eigenvalue weighted by atomic mass is 9.97. The normalized spacial score (nSPS) is 17.0. The highest BCUT2D eigenvalue weighted by atomic mass is 32.2. The third-order valence-corrected chi connectivity index (χ3v) is 6.09. The van der Waals surface area contributed by atoms with Crippen molar-refractivity contribution >= 4 is 15.9 Å². The van der Waals surface area contributed by atoms with E-state index in [4.69, 9.17) is 9.47 Å². The molecule has 1 aromatic rings. The molecule has 1 fully saturated rings. The van der Waals surface area contributed by atoms with Crippen molar-refractivity contribution in [3.8, 4) is 5.75 Å². The minimum atomic E-state index is -3.34. The third-order valence-electron chi connectivity index (χ3n) is 4.22. The molecule has 1 aromatic carbocycles. The van der Waals surface area contributed by atoms with E-state index in [0.717, 1.165) is 11.3 Å². The Morgan fingerprint density at radius 2 is 1.92 bits per heavy atom. The summed E-state index contributed by atoms with van der Waals surface area (Å²) in [5, 5.41) is 2.70. The van der Waals surface area contributed by atoms with Crippen molar-refractivity contribution in [3.63, 3.8) is 0 Å². The molecular formula is C17H26N2O5S. The highest BCUT2D eigenvalue weighted by molar-refractivity contribution is 7.89. The quantitative estimate of drug-likeness (QED) is 0.737. The monoisotopic (exact) mass is 370 g/mol. The van der Waals surface area contributed by atoms with Gasteiger partial charge in [0.05, 0.1) is 26.1 Å². The van der Waals surface area contributed by atoms with Crippen LogP contribution in [-0.2, 0) is 19.6 Å². The highest BCUT2D eigenvalue weighted by Gasteiger charge is 2.24. The molecule has 7 nitrogen and oxygen atoms in total. The lowest BCUT2D eigenvalue weighted by molar-refractivity contribution is -0.121. The van der Waals surface area contributed by atoms with Crippen molar-refractivity contribution in [3.05, 3.63) is 29.8 Å². The van der Waals surface area contributed by atoms with E-state index in [1.807, 2.05) is 31.2 Å². The Hall–Kier alpha value is -1.64. The molecule has 1 saturated heterocycles. The van der Waals surface area contributed by atoms with Crippen molar-refractivity contribution in [1.82, 2.24) is 9.62 Å². The zero-order valence-corrected chi connectivity index (χ0v) is 15.5. The highest BCUT2D eigenvalue weighted by Crippen LogP contribution is 2.21. The zero-order valence-electron chi connectivity index (χ0n) is 14.7. The van der Waals surface area contributed by atoms with Gasteiger partial charge in [0.25, 0.3) is 0 Å². The van der Waals surface area contributed by atoms with Gasteiger partial charge in [0.1, 0.15) is 5.75 Å². The number of rotatable bonds is 8. The first-order valence-corrected chi connectivity index (χ1v) is 9.99. The molecule has 0 radical (unpaired) electrons. The van der Waals surface area contributed by atoms with Crippen LogP contribution in [0, 0.1) is 0 Å². The van der Waals surface area contributed by atoms with E-state index in [2.05, 4.69) is 5.32 Å². The van der Waals surface area contributed by atoms with Crippen LogP contribution in [0.4, 0.5) is 0 Å². The van der Waals surface area contributed by atoms with Gasteiger partial charge in [-0.15, -0.1) is 0 Å². The number of nitrogens with one attached hydrogen (secondary N) is 1. The average molecular weight is 370 g/mol. The van der Waals surface area contributed by atoms with Gasteiger partial charge in [0.15, 0.2) is 0 Å². The fourth-order valence-electron chi connectivity index (χ4n) is 2.67. The summed E-state index contributed by atoms with van der Waals surface area (Å²) in [5.41, 5.74) is 1.04. The number of benzene rings is 1. The van der Waals surface area contributed by atoms with Crippen LogP contribution in [0.25, 0.3) is 0 Å². The van der Waals surface area contributed by atoms with E-state index in [1.165, 1.54) is 4.31 Å². The summed E-state index contributed by atoms with van der Waals surface area (Å²) < 4.78 is 36.0. The lowest BCUT2D eigenvalue weighted by Crippen LogP contribution is -2.43. The van der Waals surface area contributed by atoms with Crippen molar-refractivity contribution in [2.45, 2.75) is 19.3 Å². The van der Waals surface area contributed by atoms with Gasteiger partial charge < -0.3 is 14.8 Å². The molecule has 25 heavy (non-hydrogen) atoms. The van der Waals surface area contributed by atoms with Crippen LogP contribution in [0.3, 0.4) is 0 Å². The summed E-state index contributed by atoms with van der Waals surface area (Å²) in [6, 6.07) is 7.58. The standard InChI is InChI=1S/C17H26N2O5S/c1-14(15-3-5-16(23-2)6-4-15)13-17(20)18-7-12-25(21,22)19-8-10-24-11-9-19/h3-6,14H,7-13H2,1-2H3,(H,18,20). The first-order chi connectivity index (χ1) is 11.9. The topological polar surface area (TPSA) is 84.9 Å². The Morgan fingerprint density at radius 3 is 2.52 bits per heavy atom. The predicted molar refractivity (Wildman–Crippen MR) is 95.2 cm³/mol. The Labute approximate surface area is 149 Å². The number of carbonyl (C=O) groups excluding carboxylic acids is 1. The van der Waals surface area contributed by atoms with Crippen molar-refractivity contribution in [1.29, 1.82) is 0 Å². The first kappa shape index (κ1) is 19.7. The number of nitrogens with zero attached hydrogens (tertiary/aromatic N) is 1. The van der Waals surface area contributed by atoms with Crippen molar-refractivity contribution in [2.24, 2.45) is 0 Å².